The first-order chi connectivity index (χ1) is 25.7. The van der Waals surface area contributed by atoms with E-state index in [-0.39, 0.29) is 50.5 Å². The van der Waals surface area contributed by atoms with Crippen LogP contribution in [0.25, 0.3) is 0 Å². The van der Waals surface area contributed by atoms with Crippen LogP contribution in [0.3, 0.4) is 0 Å². The number of halogens is 3. The van der Waals surface area contributed by atoms with E-state index in [9.17, 15) is 29.7 Å². The molecular weight excluding hydrogens is 1010 g/mol. The number of non-ortho nitro benzene ring substituents is 1. The maximum absolute atomic E-state index is 14.8. The number of carboxylic acid groups (broad SMARTS) is 1. The van der Waals surface area contributed by atoms with E-state index >= 15 is 0 Å². The van der Waals surface area contributed by atoms with Gasteiger partial charge in [-0.05, 0) is 0 Å². The SMILES string of the molecule is COc1ccc(Br)c[c]1[Sb]([O]C(=O)Cc1ccc([N+](=O)[O-])cc1)([O][N+](=O)c1ccc(CC(=O)O)cc1)([c]1cc(Br)ccc1OC)[c]1cc(Br)ccc1OC. The molecule has 0 spiro atoms. The summed E-state index contributed by atoms with van der Waals surface area (Å²) in [7, 11) is 4.25. The zero-order valence-corrected chi connectivity index (χ0v) is 36.0. The molecule has 5 aromatic rings. The van der Waals surface area contributed by atoms with Gasteiger partial charge in [-0.2, -0.15) is 0 Å². The number of benzene rings is 5. The van der Waals surface area contributed by atoms with Crippen molar-refractivity contribution in [3.05, 3.63) is 143 Å². The van der Waals surface area contributed by atoms with E-state index in [1.807, 2.05) is 0 Å². The number of methoxy groups -OCH3 is 3. The molecule has 0 unspecified atom stereocenters. The molecule has 0 radical (unpaired) electrons. The summed E-state index contributed by atoms with van der Waals surface area (Å²) in [5.41, 5.74) is 0.559. The van der Waals surface area contributed by atoms with Crippen LogP contribution in [0.2, 0.25) is 0 Å². The van der Waals surface area contributed by atoms with E-state index in [0.29, 0.717) is 24.5 Å². The van der Waals surface area contributed by atoms with Gasteiger partial charge < -0.3 is 0 Å². The van der Waals surface area contributed by atoms with Crippen molar-refractivity contribution in [2.24, 2.45) is 0 Å². The van der Waals surface area contributed by atoms with Gasteiger partial charge in [-0.1, -0.05) is 0 Å². The van der Waals surface area contributed by atoms with Crippen molar-refractivity contribution in [3.8, 4) is 17.2 Å². The fraction of sp³-hybridized carbons (Fsp3) is 0.135. The van der Waals surface area contributed by atoms with Gasteiger partial charge >= 0.3 is 339 Å². The number of hydrogen-bond donors (Lipinski definition) is 1. The molecule has 0 bridgehead atoms. The summed E-state index contributed by atoms with van der Waals surface area (Å²) in [5.74, 6) is -1.40. The summed E-state index contributed by atoms with van der Waals surface area (Å²) < 4.78 is 33.9. The van der Waals surface area contributed by atoms with E-state index in [1.165, 1.54) is 69.9 Å². The molecule has 0 fully saturated rings. The average Bonchev–Trinajstić information content (AvgIpc) is 3.14. The van der Waals surface area contributed by atoms with Gasteiger partial charge in [-0.3, -0.25) is 0 Å². The Morgan fingerprint density at radius 1 is 0.630 bits per heavy atom. The van der Waals surface area contributed by atoms with E-state index in [2.05, 4.69) is 47.8 Å². The first-order valence-corrected chi connectivity index (χ1v) is 24.0. The second-order valence-corrected chi connectivity index (χ2v) is 24.9. The number of nitro groups is 1. The third kappa shape index (κ3) is 8.11. The Hall–Kier alpha value is -4.50. The number of rotatable bonds is 15. The van der Waals surface area contributed by atoms with Crippen molar-refractivity contribution in [1.29, 1.82) is 0 Å². The van der Waals surface area contributed by atoms with Crippen LogP contribution in [-0.4, -0.2) is 66.5 Å². The number of nitrogens with zero attached hydrogens (tertiary/aromatic N) is 2. The van der Waals surface area contributed by atoms with Crippen LogP contribution in [0, 0.1) is 15.0 Å². The van der Waals surface area contributed by atoms with Gasteiger partial charge in [0.15, 0.2) is 0 Å². The molecule has 0 atom stereocenters. The fourth-order valence-corrected chi connectivity index (χ4v) is 22.8. The van der Waals surface area contributed by atoms with Gasteiger partial charge in [0.25, 0.3) is 0 Å². The predicted octanol–water partition coefficient (Wildman–Crippen LogP) is 6.78. The van der Waals surface area contributed by atoms with Gasteiger partial charge in [0, 0.05) is 0 Å². The molecule has 0 amide bonds. The number of hydrogen-bond acceptors (Lipinski definition) is 10. The zero-order valence-electron chi connectivity index (χ0n) is 28.7. The molecule has 5 aromatic carbocycles. The average molecular weight is 1040 g/mol. The third-order valence-electron chi connectivity index (χ3n) is 8.24. The van der Waals surface area contributed by atoms with E-state index in [0.717, 1.165) is 0 Å². The normalized spacial score (nSPS) is 11.8. The standard InChI is InChI=1S/2C8H7NO4.3C7H6BrO.Sb/c2*10-8(11)5-6-1-3-7(4-2-6)9(12)13;3*1-9-7-4-2-6(8)3-5-7;/h2*1-4H,5H2,(H,10,11);3*2-4H,1H3;/q;;;;;+2/p-1. The predicted molar refractivity (Wildman–Crippen MR) is 212 cm³/mol. The summed E-state index contributed by atoms with van der Waals surface area (Å²) >= 11 is 3.61. The van der Waals surface area contributed by atoms with Crippen LogP contribution in [-0.2, 0) is 28.6 Å². The molecule has 0 saturated carbocycles. The molecule has 17 heteroatoms. The topological polar surface area (TPSA) is 164 Å². The number of ether oxygens (including phenoxy) is 3. The first kappa shape index (κ1) is 40.7. The van der Waals surface area contributed by atoms with Crippen molar-refractivity contribution in [3.63, 3.8) is 0 Å². The fourth-order valence-electron chi connectivity index (χ4n) is 5.85. The van der Waals surface area contributed by atoms with Crippen LogP contribution in [0.5, 0.6) is 17.2 Å². The number of carboxylic acids is 1. The molecule has 0 aromatic heterocycles. The Bertz CT molecular complexity index is 2120. The Balaban J connectivity index is 1.97. The van der Waals surface area contributed by atoms with Gasteiger partial charge in [-0.25, -0.2) is 0 Å². The maximum atomic E-state index is 14.8. The summed E-state index contributed by atoms with van der Waals surface area (Å²) in [4.78, 5) is 52.1. The number of nitro benzene ring substituents is 1. The molecule has 5 rings (SSSR count). The molecule has 0 heterocycles. The van der Waals surface area contributed by atoms with Gasteiger partial charge in [0.05, 0.1) is 0 Å². The van der Waals surface area contributed by atoms with Gasteiger partial charge in [-0.15, -0.1) is 0 Å². The molecular formula is C37H31Br3N2O11Sb+. The van der Waals surface area contributed by atoms with E-state index in [1.54, 1.807) is 54.6 Å². The van der Waals surface area contributed by atoms with Crippen molar-refractivity contribution in [2.45, 2.75) is 12.8 Å². The summed E-state index contributed by atoms with van der Waals surface area (Å²) in [5, 5.41) is 20.7. The molecule has 0 saturated heterocycles. The second kappa shape index (κ2) is 16.9. The number of carbonyl (C=O) groups is 2. The minimum absolute atomic E-state index is 0.0642. The van der Waals surface area contributed by atoms with Crippen LogP contribution >= 0.6 is 47.8 Å². The van der Waals surface area contributed by atoms with E-state index in [4.69, 9.17) is 20.3 Å². The Labute approximate surface area is 336 Å². The summed E-state index contributed by atoms with van der Waals surface area (Å²) in [6.45, 7) is 0. The molecule has 54 heavy (non-hydrogen) atoms. The van der Waals surface area contributed by atoms with Crippen LogP contribution in [0.4, 0.5) is 11.4 Å². The minimum atomic E-state index is -7.09. The third-order valence-corrected chi connectivity index (χ3v) is 23.1. The number of aliphatic carboxylic acids is 1. The summed E-state index contributed by atoms with van der Waals surface area (Å²) in [6.07, 6.45) is -0.696. The molecule has 280 valence electrons. The molecule has 13 nitrogen and oxygen atoms in total. The second-order valence-electron chi connectivity index (χ2n) is 11.5. The van der Waals surface area contributed by atoms with E-state index < -0.39 is 41.5 Å². The quantitative estimate of drug-likeness (QED) is 0.0668. The Morgan fingerprint density at radius 3 is 1.39 bits per heavy atom. The van der Waals surface area contributed by atoms with Gasteiger partial charge in [0.2, 0.25) is 0 Å². The van der Waals surface area contributed by atoms with Crippen molar-refractivity contribution >= 4 is 99.9 Å². The van der Waals surface area contributed by atoms with Gasteiger partial charge in [0.1, 0.15) is 0 Å². The molecule has 0 aliphatic rings. The van der Waals surface area contributed by atoms with Crippen molar-refractivity contribution < 1.29 is 44.9 Å². The molecule has 0 aliphatic heterocycles. The Morgan fingerprint density at radius 2 is 1.02 bits per heavy atom. The van der Waals surface area contributed by atoms with Crippen LogP contribution in [0.1, 0.15) is 11.1 Å². The zero-order chi connectivity index (χ0) is 39.2. The Kier molecular flexibility index (Phi) is 12.7. The monoisotopic (exact) mass is 1040 g/mol. The molecule has 0 aliphatic carbocycles. The van der Waals surface area contributed by atoms with Crippen molar-refractivity contribution in [1.82, 2.24) is 0 Å². The first-order valence-electron chi connectivity index (χ1n) is 15.7. The number of carbonyl (C=O) groups excluding carboxylic acids is 1. The molecule has 1 N–H and O–H groups in total. The van der Waals surface area contributed by atoms with Crippen LogP contribution < -0.4 is 24.7 Å². The summed E-state index contributed by atoms with van der Waals surface area (Å²) in [6, 6.07) is 26.1. The van der Waals surface area contributed by atoms with Crippen LogP contribution in [0.15, 0.2) is 117 Å². The van der Waals surface area contributed by atoms with Crippen molar-refractivity contribution in [2.75, 3.05) is 21.3 Å².